The van der Waals surface area contributed by atoms with E-state index in [0.717, 1.165) is 24.3 Å². The van der Waals surface area contributed by atoms with Crippen molar-refractivity contribution >= 4 is 5.97 Å². The maximum absolute atomic E-state index is 12.4. The molecular weight excluding hydrogens is 241 g/mol. The number of carboxylic acids is 1. The standard InChI is InChI=1S/C10H9F3O4/c11-10(12,13)9(17,8(15)16)5-6-1-3-7(14)4-2-6/h1-4,14,17H,5H2,(H,15,16). The first kappa shape index (κ1) is 13.3. The van der Waals surface area contributed by atoms with E-state index in [9.17, 15) is 18.0 Å². The topological polar surface area (TPSA) is 77.8 Å². The predicted molar refractivity (Wildman–Crippen MR) is 50.5 cm³/mol. The van der Waals surface area contributed by atoms with Crippen LogP contribution >= 0.6 is 0 Å². The highest BCUT2D eigenvalue weighted by Crippen LogP contribution is 2.33. The highest BCUT2D eigenvalue weighted by Gasteiger charge is 2.59. The van der Waals surface area contributed by atoms with Crippen molar-refractivity contribution in [3.63, 3.8) is 0 Å². The van der Waals surface area contributed by atoms with Crippen LogP contribution in [-0.2, 0) is 11.2 Å². The number of rotatable bonds is 3. The van der Waals surface area contributed by atoms with Crippen LogP contribution in [0.3, 0.4) is 0 Å². The summed E-state index contributed by atoms with van der Waals surface area (Å²) in [6, 6.07) is 4.42. The molecule has 0 aliphatic carbocycles. The van der Waals surface area contributed by atoms with Crippen LogP contribution in [0.15, 0.2) is 24.3 Å². The average Bonchev–Trinajstić information content (AvgIpc) is 2.19. The molecule has 3 N–H and O–H groups in total. The van der Waals surface area contributed by atoms with Crippen molar-refractivity contribution in [2.24, 2.45) is 0 Å². The number of carbonyl (C=O) groups is 1. The second-order valence-corrected chi connectivity index (χ2v) is 3.51. The normalized spacial score (nSPS) is 15.3. The summed E-state index contributed by atoms with van der Waals surface area (Å²) < 4.78 is 37.3. The first-order valence-corrected chi connectivity index (χ1v) is 4.47. The molecule has 1 atom stereocenters. The van der Waals surface area contributed by atoms with Crippen LogP contribution in [0, 0.1) is 0 Å². The number of carboxylic acid groups (broad SMARTS) is 1. The lowest BCUT2D eigenvalue weighted by atomic mass is 9.94. The molecule has 0 aliphatic heterocycles. The van der Waals surface area contributed by atoms with Gasteiger partial charge in [-0.1, -0.05) is 12.1 Å². The van der Waals surface area contributed by atoms with Gasteiger partial charge in [-0.3, -0.25) is 0 Å². The summed E-state index contributed by atoms with van der Waals surface area (Å²) in [5.74, 6) is -2.53. The summed E-state index contributed by atoms with van der Waals surface area (Å²) >= 11 is 0. The monoisotopic (exact) mass is 250 g/mol. The fourth-order valence-electron chi connectivity index (χ4n) is 1.21. The van der Waals surface area contributed by atoms with Crippen LogP contribution in [0.25, 0.3) is 0 Å². The lowest BCUT2D eigenvalue weighted by molar-refractivity contribution is -0.259. The van der Waals surface area contributed by atoms with Gasteiger partial charge in [-0.05, 0) is 17.7 Å². The van der Waals surface area contributed by atoms with Gasteiger partial charge < -0.3 is 15.3 Å². The molecule has 0 saturated heterocycles. The lowest BCUT2D eigenvalue weighted by Crippen LogP contribution is -2.53. The van der Waals surface area contributed by atoms with Crippen LogP contribution in [0.4, 0.5) is 13.2 Å². The lowest BCUT2D eigenvalue weighted by Gasteiger charge is -2.26. The number of halogens is 3. The maximum atomic E-state index is 12.4. The first-order chi connectivity index (χ1) is 7.67. The van der Waals surface area contributed by atoms with Crippen LogP contribution in [-0.4, -0.2) is 33.1 Å². The molecule has 1 aromatic rings. The molecule has 0 bridgehead atoms. The third kappa shape index (κ3) is 2.68. The fraction of sp³-hybridized carbons (Fsp3) is 0.300. The van der Waals surface area contributed by atoms with Crippen molar-refractivity contribution in [3.8, 4) is 5.75 Å². The van der Waals surface area contributed by atoms with Crippen molar-refractivity contribution in [1.29, 1.82) is 0 Å². The summed E-state index contributed by atoms with van der Waals surface area (Å²) in [5, 5.41) is 26.5. The second kappa shape index (κ2) is 4.25. The Labute approximate surface area is 93.9 Å². The van der Waals surface area contributed by atoms with Crippen molar-refractivity contribution in [3.05, 3.63) is 29.8 Å². The number of alkyl halides is 3. The molecule has 0 aromatic heterocycles. The Balaban J connectivity index is 3.04. The molecule has 0 heterocycles. The number of aliphatic carboxylic acids is 1. The highest BCUT2D eigenvalue weighted by atomic mass is 19.4. The van der Waals surface area contributed by atoms with E-state index in [0.29, 0.717) is 0 Å². The second-order valence-electron chi connectivity index (χ2n) is 3.51. The van der Waals surface area contributed by atoms with Gasteiger partial charge >= 0.3 is 12.1 Å². The number of hydrogen-bond donors (Lipinski definition) is 3. The smallest absolute Gasteiger partial charge is 0.428 e. The fourth-order valence-corrected chi connectivity index (χ4v) is 1.21. The number of benzene rings is 1. The minimum atomic E-state index is -5.28. The minimum absolute atomic E-state index is 0.0509. The van der Waals surface area contributed by atoms with Gasteiger partial charge in [0.2, 0.25) is 0 Å². The number of phenolic OH excluding ortho intramolecular Hbond substituents is 1. The van der Waals surface area contributed by atoms with E-state index in [1.807, 2.05) is 0 Å². The van der Waals surface area contributed by atoms with E-state index in [4.69, 9.17) is 15.3 Å². The van der Waals surface area contributed by atoms with E-state index < -0.39 is 24.2 Å². The van der Waals surface area contributed by atoms with Gasteiger partial charge in [0.05, 0.1) is 0 Å². The molecule has 7 heteroatoms. The van der Waals surface area contributed by atoms with E-state index in [2.05, 4.69) is 0 Å². The summed E-state index contributed by atoms with van der Waals surface area (Å²) in [6.07, 6.45) is -6.40. The Bertz CT molecular complexity index is 413. The van der Waals surface area contributed by atoms with Crippen molar-refractivity contribution in [1.82, 2.24) is 0 Å². The Morgan fingerprint density at radius 2 is 1.65 bits per heavy atom. The molecule has 0 spiro atoms. The third-order valence-corrected chi connectivity index (χ3v) is 2.22. The summed E-state index contributed by atoms with van der Waals surface area (Å²) in [6.45, 7) is 0. The van der Waals surface area contributed by atoms with Gasteiger partial charge in [-0.15, -0.1) is 0 Å². The molecule has 0 radical (unpaired) electrons. The van der Waals surface area contributed by atoms with Crippen molar-refractivity contribution < 1.29 is 33.3 Å². The van der Waals surface area contributed by atoms with Crippen LogP contribution in [0.1, 0.15) is 5.56 Å². The molecule has 94 valence electrons. The van der Waals surface area contributed by atoms with Crippen molar-refractivity contribution in [2.45, 2.75) is 18.2 Å². The Morgan fingerprint density at radius 3 is 2.00 bits per heavy atom. The quantitative estimate of drug-likeness (QED) is 0.755. The van der Waals surface area contributed by atoms with Crippen LogP contribution in [0.5, 0.6) is 5.75 Å². The maximum Gasteiger partial charge on any atom is 0.428 e. The number of aliphatic hydroxyl groups is 1. The molecule has 0 amide bonds. The molecule has 0 saturated carbocycles. The molecule has 4 nitrogen and oxygen atoms in total. The van der Waals surface area contributed by atoms with Crippen molar-refractivity contribution in [2.75, 3.05) is 0 Å². The molecule has 17 heavy (non-hydrogen) atoms. The van der Waals surface area contributed by atoms with Gasteiger partial charge in [0.25, 0.3) is 5.60 Å². The molecule has 1 unspecified atom stereocenters. The minimum Gasteiger partial charge on any atom is -0.508 e. The van der Waals surface area contributed by atoms with Crippen LogP contribution in [0.2, 0.25) is 0 Å². The zero-order valence-electron chi connectivity index (χ0n) is 8.40. The molecule has 0 aliphatic rings. The zero-order chi connectivity index (χ0) is 13.3. The van der Waals surface area contributed by atoms with Gasteiger partial charge in [0.1, 0.15) is 5.75 Å². The van der Waals surface area contributed by atoms with Gasteiger partial charge in [-0.2, -0.15) is 13.2 Å². The van der Waals surface area contributed by atoms with E-state index in [-0.39, 0.29) is 11.3 Å². The molecule has 0 fully saturated rings. The Morgan fingerprint density at radius 1 is 1.18 bits per heavy atom. The largest absolute Gasteiger partial charge is 0.508 e. The third-order valence-electron chi connectivity index (χ3n) is 2.22. The number of aromatic hydroxyl groups is 1. The Hall–Kier alpha value is -1.76. The number of hydrogen-bond acceptors (Lipinski definition) is 3. The number of phenols is 1. The Kier molecular flexibility index (Phi) is 3.33. The average molecular weight is 250 g/mol. The van der Waals surface area contributed by atoms with E-state index >= 15 is 0 Å². The summed E-state index contributed by atoms with van der Waals surface area (Å²) in [4.78, 5) is 10.5. The van der Waals surface area contributed by atoms with Gasteiger partial charge in [0.15, 0.2) is 0 Å². The van der Waals surface area contributed by atoms with Crippen LogP contribution < -0.4 is 0 Å². The summed E-state index contributed by atoms with van der Waals surface area (Å²) in [5.41, 5.74) is -3.88. The summed E-state index contributed by atoms with van der Waals surface area (Å²) in [7, 11) is 0. The first-order valence-electron chi connectivity index (χ1n) is 4.47. The van der Waals surface area contributed by atoms with Gasteiger partial charge in [0, 0.05) is 6.42 Å². The highest BCUT2D eigenvalue weighted by molar-refractivity contribution is 5.78. The van der Waals surface area contributed by atoms with E-state index in [1.54, 1.807) is 0 Å². The van der Waals surface area contributed by atoms with Gasteiger partial charge in [-0.25, -0.2) is 4.79 Å². The van der Waals surface area contributed by atoms with E-state index in [1.165, 1.54) is 0 Å². The molecular formula is C10H9F3O4. The molecule has 1 aromatic carbocycles. The predicted octanol–water partition coefficient (Wildman–Crippen LogP) is 1.31. The zero-order valence-corrected chi connectivity index (χ0v) is 8.40. The SMILES string of the molecule is O=C(O)C(O)(Cc1ccc(O)cc1)C(F)(F)F. The molecule has 1 rings (SSSR count).